The summed E-state index contributed by atoms with van der Waals surface area (Å²) in [7, 11) is 1.72. The fourth-order valence-corrected chi connectivity index (χ4v) is 1.31. The van der Waals surface area contributed by atoms with E-state index in [0.717, 1.165) is 0 Å². The number of aromatic nitrogens is 1. The number of nitro groups is 1. The van der Waals surface area contributed by atoms with E-state index in [1.807, 2.05) is 0 Å². The quantitative estimate of drug-likeness (QED) is 0.601. The highest BCUT2D eigenvalue weighted by atomic mass is 16.6. The smallest absolute Gasteiger partial charge is 0.311 e. The highest BCUT2D eigenvalue weighted by Gasteiger charge is 2.17. The Kier molecular flexibility index (Phi) is 4.19. The van der Waals surface area contributed by atoms with Crippen LogP contribution in [0.3, 0.4) is 0 Å². The van der Waals surface area contributed by atoms with E-state index in [-0.39, 0.29) is 5.69 Å². The molecule has 16 heavy (non-hydrogen) atoms. The van der Waals surface area contributed by atoms with Crippen LogP contribution >= 0.6 is 0 Å². The molecule has 1 N–H and O–H groups in total. The molecule has 0 saturated heterocycles. The standard InChI is InChI=1S/C10H15N3O3/c1-8(14)5-7-12(2)10-9(13(15)16)4-3-6-11-10/h3-4,6,8,14H,5,7H2,1-2H3. The molecule has 0 radical (unpaired) electrons. The Bertz CT molecular complexity index is 368. The van der Waals surface area contributed by atoms with Crippen molar-refractivity contribution >= 4 is 11.5 Å². The molecule has 0 aromatic carbocycles. The summed E-state index contributed by atoms with van der Waals surface area (Å²) in [5, 5.41) is 19.9. The van der Waals surface area contributed by atoms with Gasteiger partial charge < -0.3 is 10.0 Å². The number of rotatable bonds is 5. The molecule has 0 saturated carbocycles. The van der Waals surface area contributed by atoms with Gasteiger partial charge in [0.15, 0.2) is 0 Å². The van der Waals surface area contributed by atoms with Gasteiger partial charge in [0, 0.05) is 25.9 Å². The lowest BCUT2D eigenvalue weighted by molar-refractivity contribution is -0.384. The maximum atomic E-state index is 10.8. The number of hydrogen-bond acceptors (Lipinski definition) is 5. The van der Waals surface area contributed by atoms with Gasteiger partial charge in [0.1, 0.15) is 0 Å². The van der Waals surface area contributed by atoms with Crippen LogP contribution in [0.25, 0.3) is 0 Å². The first-order chi connectivity index (χ1) is 7.52. The zero-order chi connectivity index (χ0) is 12.1. The number of nitrogens with zero attached hydrogens (tertiary/aromatic N) is 3. The number of pyridine rings is 1. The molecule has 6 nitrogen and oxygen atoms in total. The molecule has 1 heterocycles. The van der Waals surface area contributed by atoms with Gasteiger partial charge in [0.25, 0.3) is 0 Å². The average molecular weight is 225 g/mol. The Morgan fingerprint density at radius 2 is 2.38 bits per heavy atom. The molecule has 1 atom stereocenters. The summed E-state index contributed by atoms with van der Waals surface area (Å²) < 4.78 is 0. The molecule has 0 aliphatic carbocycles. The lowest BCUT2D eigenvalue weighted by Gasteiger charge is -2.18. The number of hydrogen-bond donors (Lipinski definition) is 1. The average Bonchev–Trinajstić information content (AvgIpc) is 2.25. The van der Waals surface area contributed by atoms with Crippen LogP contribution in [-0.2, 0) is 0 Å². The fraction of sp³-hybridized carbons (Fsp3) is 0.500. The molecule has 88 valence electrons. The van der Waals surface area contributed by atoms with Crippen LogP contribution < -0.4 is 4.90 Å². The summed E-state index contributed by atoms with van der Waals surface area (Å²) in [6.07, 6.45) is 1.64. The summed E-state index contributed by atoms with van der Waals surface area (Å²) in [4.78, 5) is 15.9. The largest absolute Gasteiger partial charge is 0.393 e. The Hall–Kier alpha value is -1.69. The van der Waals surface area contributed by atoms with Gasteiger partial charge in [-0.2, -0.15) is 0 Å². The highest BCUT2D eigenvalue weighted by molar-refractivity contribution is 5.56. The van der Waals surface area contributed by atoms with Gasteiger partial charge in [-0.25, -0.2) is 4.98 Å². The maximum Gasteiger partial charge on any atom is 0.311 e. The molecule has 0 fully saturated rings. The zero-order valence-corrected chi connectivity index (χ0v) is 9.33. The van der Waals surface area contributed by atoms with E-state index in [1.54, 1.807) is 18.9 Å². The van der Waals surface area contributed by atoms with Gasteiger partial charge in [0.2, 0.25) is 5.82 Å². The minimum absolute atomic E-state index is 0.0180. The Balaban J connectivity index is 2.82. The van der Waals surface area contributed by atoms with Crippen molar-refractivity contribution in [2.24, 2.45) is 0 Å². The maximum absolute atomic E-state index is 10.8. The van der Waals surface area contributed by atoms with Crippen molar-refractivity contribution in [2.45, 2.75) is 19.4 Å². The summed E-state index contributed by atoms with van der Waals surface area (Å²) in [6, 6.07) is 2.95. The van der Waals surface area contributed by atoms with Gasteiger partial charge in [-0.1, -0.05) is 0 Å². The van der Waals surface area contributed by atoms with Crippen molar-refractivity contribution < 1.29 is 10.0 Å². The molecular weight excluding hydrogens is 210 g/mol. The minimum atomic E-state index is -0.457. The van der Waals surface area contributed by atoms with E-state index in [0.29, 0.717) is 18.8 Å². The normalized spacial score (nSPS) is 12.2. The van der Waals surface area contributed by atoms with Crippen LogP contribution in [0.15, 0.2) is 18.3 Å². The van der Waals surface area contributed by atoms with E-state index in [9.17, 15) is 10.1 Å². The van der Waals surface area contributed by atoms with Gasteiger partial charge in [-0.3, -0.25) is 10.1 Å². The molecule has 0 aliphatic rings. The van der Waals surface area contributed by atoms with Crippen LogP contribution in [0, 0.1) is 10.1 Å². The SMILES string of the molecule is CC(O)CCN(C)c1ncccc1[N+](=O)[O-]. The van der Waals surface area contributed by atoms with Crippen molar-refractivity contribution in [3.8, 4) is 0 Å². The van der Waals surface area contributed by atoms with Crippen molar-refractivity contribution in [3.05, 3.63) is 28.4 Å². The molecule has 0 spiro atoms. The molecule has 1 aromatic heterocycles. The second-order valence-electron chi connectivity index (χ2n) is 3.66. The second-order valence-corrected chi connectivity index (χ2v) is 3.66. The third kappa shape index (κ3) is 3.16. The topological polar surface area (TPSA) is 79.5 Å². The van der Waals surface area contributed by atoms with Gasteiger partial charge in [-0.15, -0.1) is 0 Å². The van der Waals surface area contributed by atoms with Crippen LogP contribution in [0.1, 0.15) is 13.3 Å². The fourth-order valence-electron chi connectivity index (χ4n) is 1.31. The van der Waals surface area contributed by atoms with Gasteiger partial charge >= 0.3 is 5.69 Å². The third-order valence-electron chi connectivity index (χ3n) is 2.21. The van der Waals surface area contributed by atoms with E-state index in [4.69, 9.17) is 5.11 Å². The highest BCUT2D eigenvalue weighted by Crippen LogP contribution is 2.23. The van der Waals surface area contributed by atoms with Gasteiger partial charge in [0.05, 0.1) is 11.0 Å². The first-order valence-electron chi connectivity index (χ1n) is 5.01. The number of aliphatic hydroxyl groups is 1. The van der Waals surface area contributed by atoms with Crippen molar-refractivity contribution in [3.63, 3.8) is 0 Å². The van der Waals surface area contributed by atoms with Crippen LogP contribution in [-0.4, -0.2) is 34.7 Å². The summed E-state index contributed by atoms with van der Waals surface area (Å²) in [5.74, 6) is 0.327. The van der Waals surface area contributed by atoms with E-state index in [1.165, 1.54) is 18.3 Å². The second kappa shape index (κ2) is 5.41. The zero-order valence-electron chi connectivity index (χ0n) is 9.33. The first kappa shape index (κ1) is 12.4. The van der Waals surface area contributed by atoms with E-state index in [2.05, 4.69) is 4.98 Å². The molecule has 0 aliphatic heterocycles. The van der Waals surface area contributed by atoms with Crippen molar-refractivity contribution in [1.82, 2.24) is 4.98 Å². The Labute approximate surface area is 93.7 Å². The Morgan fingerprint density at radius 1 is 1.69 bits per heavy atom. The van der Waals surface area contributed by atoms with Crippen LogP contribution in [0.4, 0.5) is 11.5 Å². The number of anilines is 1. The van der Waals surface area contributed by atoms with Crippen molar-refractivity contribution in [1.29, 1.82) is 0 Å². The van der Waals surface area contributed by atoms with Gasteiger partial charge in [-0.05, 0) is 19.4 Å². The molecule has 6 heteroatoms. The predicted octanol–water partition coefficient (Wildman–Crippen LogP) is 1.20. The van der Waals surface area contributed by atoms with E-state index < -0.39 is 11.0 Å². The lowest BCUT2D eigenvalue weighted by Crippen LogP contribution is -2.23. The Morgan fingerprint density at radius 3 is 2.94 bits per heavy atom. The monoisotopic (exact) mass is 225 g/mol. The summed E-state index contributed by atoms with van der Waals surface area (Å²) >= 11 is 0. The molecule has 1 rings (SSSR count). The summed E-state index contributed by atoms with van der Waals surface area (Å²) in [5.41, 5.74) is -0.0180. The molecule has 0 amide bonds. The minimum Gasteiger partial charge on any atom is -0.393 e. The molecule has 1 unspecified atom stereocenters. The van der Waals surface area contributed by atoms with Crippen molar-refractivity contribution in [2.75, 3.05) is 18.5 Å². The summed E-state index contributed by atoms with van der Waals surface area (Å²) in [6.45, 7) is 2.20. The molecule has 0 bridgehead atoms. The first-order valence-corrected chi connectivity index (χ1v) is 5.01. The number of aliphatic hydroxyl groups excluding tert-OH is 1. The van der Waals surface area contributed by atoms with E-state index >= 15 is 0 Å². The van der Waals surface area contributed by atoms with Crippen LogP contribution in [0.5, 0.6) is 0 Å². The third-order valence-corrected chi connectivity index (χ3v) is 2.21. The molecular formula is C10H15N3O3. The lowest BCUT2D eigenvalue weighted by atomic mass is 10.2. The van der Waals surface area contributed by atoms with Crippen LogP contribution in [0.2, 0.25) is 0 Å². The molecule has 1 aromatic rings. The predicted molar refractivity (Wildman–Crippen MR) is 60.5 cm³/mol.